The summed E-state index contributed by atoms with van der Waals surface area (Å²) >= 11 is 5.96. The number of anilines is 1. The van der Waals surface area contributed by atoms with E-state index in [9.17, 15) is 4.39 Å². The van der Waals surface area contributed by atoms with Crippen molar-refractivity contribution in [1.29, 1.82) is 0 Å². The van der Waals surface area contributed by atoms with Gasteiger partial charge in [0.05, 0.1) is 5.69 Å². The SMILES string of the molecule is I.NC(=NCCc1coc(-c2ccc(F)cc2)n1)N1CCN(c2ccc(Cl)cc2)CC1. The highest BCUT2D eigenvalue weighted by molar-refractivity contribution is 14.0. The van der Waals surface area contributed by atoms with Crippen molar-refractivity contribution in [2.75, 3.05) is 37.6 Å². The van der Waals surface area contributed by atoms with Gasteiger partial charge in [0.1, 0.15) is 12.1 Å². The lowest BCUT2D eigenvalue weighted by Gasteiger charge is -2.36. The van der Waals surface area contributed by atoms with Crippen LogP contribution in [-0.4, -0.2) is 48.6 Å². The van der Waals surface area contributed by atoms with Crippen molar-refractivity contribution in [2.24, 2.45) is 10.7 Å². The molecule has 0 bridgehead atoms. The molecule has 0 radical (unpaired) electrons. The quantitative estimate of drug-likeness (QED) is 0.287. The van der Waals surface area contributed by atoms with Crippen LogP contribution in [-0.2, 0) is 6.42 Å². The number of hydrogen-bond donors (Lipinski definition) is 1. The monoisotopic (exact) mass is 555 g/mol. The molecular weight excluding hydrogens is 532 g/mol. The zero-order valence-corrected chi connectivity index (χ0v) is 20.0. The average Bonchev–Trinajstić information content (AvgIpc) is 3.24. The molecule has 1 aromatic heterocycles. The molecule has 0 unspecified atom stereocenters. The van der Waals surface area contributed by atoms with Gasteiger partial charge in [-0.05, 0) is 48.5 Å². The number of halogens is 3. The first-order chi connectivity index (χ1) is 14.6. The predicted molar refractivity (Wildman–Crippen MR) is 133 cm³/mol. The van der Waals surface area contributed by atoms with Gasteiger partial charge in [-0.3, -0.25) is 4.99 Å². The second-order valence-electron chi connectivity index (χ2n) is 7.09. The first-order valence-electron chi connectivity index (χ1n) is 9.84. The molecule has 1 aliphatic rings. The van der Waals surface area contributed by atoms with E-state index in [2.05, 4.69) is 19.8 Å². The van der Waals surface area contributed by atoms with Crippen LogP contribution in [0.3, 0.4) is 0 Å². The topological polar surface area (TPSA) is 70.9 Å². The third-order valence-electron chi connectivity index (χ3n) is 5.08. The molecule has 1 fully saturated rings. The van der Waals surface area contributed by atoms with Gasteiger partial charge >= 0.3 is 0 Å². The van der Waals surface area contributed by atoms with Crippen LogP contribution in [0.5, 0.6) is 0 Å². The third-order valence-corrected chi connectivity index (χ3v) is 5.33. The molecule has 31 heavy (non-hydrogen) atoms. The van der Waals surface area contributed by atoms with Crippen LogP contribution in [0.2, 0.25) is 5.02 Å². The highest BCUT2D eigenvalue weighted by atomic mass is 127. The van der Waals surface area contributed by atoms with Crippen LogP contribution in [0.15, 0.2) is 64.2 Å². The van der Waals surface area contributed by atoms with Gasteiger partial charge in [0.2, 0.25) is 5.89 Å². The van der Waals surface area contributed by atoms with Crippen molar-refractivity contribution in [1.82, 2.24) is 9.88 Å². The van der Waals surface area contributed by atoms with E-state index in [0.717, 1.165) is 48.1 Å². The number of piperazine rings is 1. The van der Waals surface area contributed by atoms with E-state index in [1.807, 2.05) is 24.3 Å². The van der Waals surface area contributed by atoms with Crippen molar-refractivity contribution in [3.05, 3.63) is 71.3 Å². The molecule has 164 valence electrons. The first kappa shape index (κ1) is 23.3. The number of benzene rings is 2. The molecule has 1 saturated heterocycles. The molecule has 2 N–H and O–H groups in total. The molecule has 2 heterocycles. The molecule has 0 atom stereocenters. The Balaban J connectivity index is 0.00000272. The fraction of sp³-hybridized carbons (Fsp3) is 0.273. The highest BCUT2D eigenvalue weighted by Gasteiger charge is 2.18. The minimum absolute atomic E-state index is 0. The molecule has 3 aromatic rings. The van der Waals surface area contributed by atoms with E-state index in [-0.39, 0.29) is 29.8 Å². The van der Waals surface area contributed by atoms with E-state index in [1.165, 1.54) is 12.1 Å². The van der Waals surface area contributed by atoms with Crippen LogP contribution in [0, 0.1) is 5.82 Å². The first-order valence-corrected chi connectivity index (χ1v) is 10.2. The number of guanidine groups is 1. The van der Waals surface area contributed by atoms with Gasteiger partial charge in [-0.15, -0.1) is 24.0 Å². The maximum atomic E-state index is 13.0. The lowest BCUT2D eigenvalue weighted by molar-refractivity contribution is 0.381. The lowest BCUT2D eigenvalue weighted by atomic mass is 10.2. The predicted octanol–water partition coefficient (Wildman–Crippen LogP) is 4.43. The Morgan fingerprint density at radius 1 is 1.06 bits per heavy atom. The summed E-state index contributed by atoms with van der Waals surface area (Å²) in [6, 6.07) is 13.9. The van der Waals surface area contributed by atoms with Gasteiger partial charge in [-0.1, -0.05) is 11.6 Å². The van der Waals surface area contributed by atoms with E-state index in [1.54, 1.807) is 18.4 Å². The molecule has 4 rings (SSSR count). The van der Waals surface area contributed by atoms with E-state index < -0.39 is 0 Å². The zero-order valence-electron chi connectivity index (χ0n) is 16.9. The van der Waals surface area contributed by atoms with Crippen molar-refractivity contribution in [2.45, 2.75) is 6.42 Å². The molecule has 6 nitrogen and oxygen atoms in total. The van der Waals surface area contributed by atoms with Gasteiger partial charge in [0, 0.05) is 55.4 Å². The number of aromatic nitrogens is 1. The summed E-state index contributed by atoms with van der Waals surface area (Å²) in [7, 11) is 0. The molecule has 0 spiro atoms. The fourth-order valence-electron chi connectivity index (χ4n) is 3.38. The smallest absolute Gasteiger partial charge is 0.226 e. The van der Waals surface area contributed by atoms with Crippen LogP contribution in [0.4, 0.5) is 10.1 Å². The van der Waals surface area contributed by atoms with Crippen molar-refractivity contribution >= 4 is 47.2 Å². The van der Waals surface area contributed by atoms with Crippen LogP contribution < -0.4 is 10.6 Å². The summed E-state index contributed by atoms with van der Waals surface area (Å²) in [5.74, 6) is 0.734. The molecule has 0 aliphatic carbocycles. The Morgan fingerprint density at radius 2 is 1.74 bits per heavy atom. The Bertz CT molecular complexity index is 1000. The van der Waals surface area contributed by atoms with E-state index in [0.29, 0.717) is 24.8 Å². The van der Waals surface area contributed by atoms with Crippen LogP contribution >= 0.6 is 35.6 Å². The Hall–Kier alpha value is -2.33. The number of hydrogen-bond acceptors (Lipinski definition) is 4. The summed E-state index contributed by atoms with van der Waals surface area (Å²) in [5, 5.41) is 0.741. The number of nitrogens with two attached hydrogens (primary N) is 1. The largest absolute Gasteiger partial charge is 0.444 e. The van der Waals surface area contributed by atoms with Crippen molar-refractivity contribution < 1.29 is 8.81 Å². The lowest BCUT2D eigenvalue weighted by Crippen LogP contribution is -2.51. The summed E-state index contributed by atoms with van der Waals surface area (Å²) in [6.45, 7) is 3.91. The molecular formula is C22H24ClFIN5O. The van der Waals surface area contributed by atoms with Gasteiger partial charge in [0.15, 0.2) is 5.96 Å². The van der Waals surface area contributed by atoms with E-state index >= 15 is 0 Å². The molecule has 0 amide bonds. The number of aliphatic imine (C=N–C) groups is 1. The Kier molecular flexibility index (Phi) is 8.14. The van der Waals surface area contributed by atoms with Gasteiger partial charge in [-0.25, -0.2) is 9.37 Å². The summed E-state index contributed by atoms with van der Waals surface area (Å²) in [6.07, 6.45) is 2.23. The van der Waals surface area contributed by atoms with Crippen molar-refractivity contribution in [3.8, 4) is 11.5 Å². The second-order valence-corrected chi connectivity index (χ2v) is 7.53. The molecule has 9 heteroatoms. The minimum Gasteiger partial charge on any atom is -0.444 e. The Labute approximate surface area is 202 Å². The number of nitrogens with zero attached hydrogens (tertiary/aromatic N) is 4. The van der Waals surface area contributed by atoms with Crippen LogP contribution in [0.1, 0.15) is 5.69 Å². The summed E-state index contributed by atoms with van der Waals surface area (Å²) in [5.41, 5.74) is 8.88. The van der Waals surface area contributed by atoms with Crippen LogP contribution in [0.25, 0.3) is 11.5 Å². The average molecular weight is 556 g/mol. The maximum Gasteiger partial charge on any atom is 0.226 e. The van der Waals surface area contributed by atoms with Gasteiger partial charge in [0.25, 0.3) is 0 Å². The van der Waals surface area contributed by atoms with Gasteiger partial charge < -0.3 is 20.0 Å². The fourth-order valence-corrected chi connectivity index (χ4v) is 3.50. The minimum atomic E-state index is -0.288. The van der Waals surface area contributed by atoms with Gasteiger partial charge in [-0.2, -0.15) is 0 Å². The standard InChI is InChI=1S/C22H23ClFN5O.HI/c23-17-3-7-20(8-4-17)28-11-13-29(14-12-28)22(25)26-10-9-19-15-30-21(27-19)16-1-5-18(24)6-2-16;/h1-8,15H,9-14H2,(H2,25,26);1H. The summed E-state index contributed by atoms with van der Waals surface area (Å²) in [4.78, 5) is 13.3. The number of oxazole rings is 1. The normalized spacial score (nSPS) is 14.5. The maximum absolute atomic E-state index is 13.0. The molecule has 1 aliphatic heterocycles. The Morgan fingerprint density at radius 3 is 2.42 bits per heavy atom. The zero-order chi connectivity index (χ0) is 20.9. The third kappa shape index (κ3) is 6.10. The summed E-state index contributed by atoms with van der Waals surface area (Å²) < 4.78 is 18.5. The van der Waals surface area contributed by atoms with E-state index in [4.69, 9.17) is 21.8 Å². The second kappa shape index (κ2) is 10.8. The molecule has 2 aromatic carbocycles. The highest BCUT2D eigenvalue weighted by Crippen LogP contribution is 2.20. The number of rotatable bonds is 5. The molecule has 0 saturated carbocycles. The van der Waals surface area contributed by atoms with Crippen molar-refractivity contribution in [3.63, 3.8) is 0 Å².